The molecule has 1 aromatic rings. The molecule has 0 aromatic carbocycles. The van der Waals surface area contributed by atoms with Gasteiger partial charge >= 0.3 is 6.09 Å². The molecule has 1 amide bonds. The summed E-state index contributed by atoms with van der Waals surface area (Å²) in [6, 6.07) is 2.16. The topological polar surface area (TPSA) is 77.5 Å². The van der Waals surface area contributed by atoms with Crippen LogP contribution in [0.25, 0.3) is 0 Å². The number of primary amides is 1. The van der Waals surface area contributed by atoms with E-state index >= 15 is 0 Å². The van der Waals surface area contributed by atoms with Crippen LogP contribution >= 0.6 is 0 Å². The highest BCUT2D eigenvalue weighted by atomic mass is 16.5. The third-order valence-corrected chi connectivity index (χ3v) is 2.34. The Morgan fingerprint density at radius 2 is 2.31 bits per heavy atom. The Morgan fingerprint density at radius 1 is 1.62 bits per heavy atom. The number of carbonyl (C=O) groups excluding carboxylic acids is 1. The number of hydrogen-bond donors (Lipinski definition) is 2. The number of ether oxygens (including phenoxy) is 1. The first-order valence-corrected chi connectivity index (χ1v) is 5.23. The lowest BCUT2D eigenvalue weighted by atomic mass is 10.1. The van der Waals surface area contributed by atoms with Crippen LogP contribution < -0.4 is 11.1 Å². The summed E-state index contributed by atoms with van der Waals surface area (Å²) in [6.07, 6.45) is -0.746. The molecule has 1 rings (SSSR count). The van der Waals surface area contributed by atoms with E-state index in [2.05, 4.69) is 10.1 Å². The van der Waals surface area contributed by atoms with E-state index in [0.29, 0.717) is 6.54 Å². The zero-order valence-corrected chi connectivity index (χ0v) is 9.87. The van der Waals surface area contributed by atoms with Crippen LogP contribution in [0.2, 0.25) is 0 Å². The van der Waals surface area contributed by atoms with Crippen LogP contribution in [0.5, 0.6) is 0 Å². The lowest BCUT2D eigenvalue weighted by Gasteiger charge is -2.12. The molecule has 0 aliphatic carbocycles. The van der Waals surface area contributed by atoms with E-state index in [0.717, 1.165) is 17.1 Å². The van der Waals surface area contributed by atoms with Crippen molar-refractivity contribution in [1.82, 2.24) is 5.32 Å². The molecule has 5 heteroatoms. The molecule has 0 saturated carbocycles. The van der Waals surface area contributed by atoms with Gasteiger partial charge in [0.2, 0.25) is 0 Å². The number of amides is 1. The van der Waals surface area contributed by atoms with Gasteiger partial charge in [-0.3, -0.25) is 0 Å². The van der Waals surface area contributed by atoms with E-state index in [-0.39, 0.29) is 12.6 Å². The van der Waals surface area contributed by atoms with Crippen LogP contribution in [-0.4, -0.2) is 19.2 Å². The number of aryl methyl sites for hydroxylation is 2. The molecule has 1 heterocycles. The molecule has 0 radical (unpaired) electrons. The molecule has 0 fully saturated rings. The smallest absolute Gasteiger partial charge is 0.404 e. The summed E-state index contributed by atoms with van der Waals surface area (Å²) >= 11 is 0. The van der Waals surface area contributed by atoms with Crippen molar-refractivity contribution in [2.45, 2.75) is 26.8 Å². The maximum absolute atomic E-state index is 10.3. The highest BCUT2D eigenvalue weighted by Gasteiger charge is 2.11. The largest absolute Gasteiger partial charge is 0.466 e. The van der Waals surface area contributed by atoms with Gasteiger partial charge in [0.05, 0.1) is 0 Å². The summed E-state index contributed by atoms with van der Waals surface area (Å²) in [6.45, 7) is 6.71. The van der Waals surface area contributed by atoms with Gasteiger partial charge in [0, 0.05) is 18.2 Å². The van der Waals surface area contributed by atoms with Crippen molar-refractivity contribution in [2.24, 2.45) is 5.73 Å². The minimum atomic E-state index is -0.746. The van der Waals surface area contributed by atoms with Crippen LogP contribution in [0.15, 0.2) is 10.5 Å². The first-order valence-electron chi connectivity index (χ1n) is 5.23. The summed E-state index contributed by atoms with van der Waals surface area (Å²) in [5.41, 5.74) is 5.97. The predicted octanol–water partition coefficient (Wildman–Crippen LogP) is 1.64. The Bertz CT molecular complexity index is 360. The number of hydrogen-bond acceptors (Lipinski definition) is 4. The normalized spacial score (nSPS) is 12.4. The summed E-state index contributed by atoms with van der Waals surface area (Å²) in [4.78, 5) is 10.3. The molecule has 1 aromatic heterocycles. The number of furan rings is 1. The van der Waals surface area contributed by atoms with Crippen LogP contribution in [0.3, 0.4) is 0 Å². The van der Waals surface area contributed by atoms with E-state index in [1.165, 1.54) is 0 Å². The lowest BCUT2D eigenvalue weighted by molar-refractivity contribution is 0.156. The Hall–Kier alpha value is -1.49. The molecule has 0 aliphatic rings. The van der Waals surface area contributed by atoms with Gasteiger partial charge in [0.15, 0.2) is 0 Å². The second-order valence-electron chi connectivity index (χ2n) is 3.71. The van der Waals surface area contributed by atoms with Crippen molar-refractivity contribution in [1.29, 1.82) is 0 Å². The van der Waals surface area contributed by atoms with E-state index < -0.39 is 6.09 Å². The van der Waals surface area contributed by atoms with Crippen LogP contribution in [0.4, 0.5) is 4.79 Å². The second-order valence-corrected chi connectivity index (χ2v) is 3.71. The Kier molecular flexibility index (Phi) is 4.37. The standard InChI is InChI=1S/C11H18N2O3/c1-7-6-10(9(3)16-7)8(2)13-4-5-15-11(12)14/h6,8,13H,4-5H2,1-3H3,(H2,12,14). The number of carbonyl (C=O) groups is 1. The van der Waals surface area contributed by atoms with Crippen molar-refractivity contribution in [3.05, 3.63) is 23.2 Å². The number of nitrogens with two attached hydrogens (primary N) is 1. The minimum Gasteiger partial charge on any atom is -0.466 e. The fraction of sp³-hybridized carbons (Fsp3) is 0.545. The molecule has 16 heavy (non-hydrogen) atoms. The fourth-order valence-electron chi connectivity index (χ4n) is 1.62. The highest BCUT2D eigenvalue weighted by Crippen LogP contribution is 2.20. The van der Waals surface area contributed by atoms with Gasteiger partial charge < -0.3 is 20.2 Å². The molecule has 0 saturated heterocycles. The van der Waals surface area contributed by atoms with Gasteiger partial charge in [-0.1, -0.05) is 0 Å². The summed E-state index contributed by atoms with van der Waals surface area (Å²) in [5.74, 6) is 1.81. The van der Waals surface area contributed by atoms with E-state index in [4.69, 9.17) is 10.2 Å². The van der Waals surface area contributed by atoms with Crippen molar-refractivity contribution in [3.8, 4) is 0 Å². The first-order chi connectivity index (χ1) is 7.50. The van der Waals surface area contributed by atoms with Gasteiger partial charge in [-0.15, -0.1) is 0 Å². The molecule has 90 valence electrons. The minimum absolute atomic E-state index is 0.161. The predicted molar refractivity (Wildman–Crippen MR) is 60.1 cm³/mol. The Balaban J connectivity index is 2.38. The zero-order valence-electron chi connectivity index (χ0n) is 9.87. The van der Waals surface area contributed by atoms with Crippen LogP contribution in [0, 0.1) is 13.8 Å². The molecule has 0 spiro atoms. The van der Waals surface area contributed by atoms with E-state index in [1.54, 1.807) is 0 Å². The molecule has 1 unspecified atom stereocenters. The first kappa shape index (κ1) is 12.6. The monoisotopic (exact) mass is 226 g/mol. The molecule has 5 nitrogen and oxygen atoms in total. The van der Waals surface area contributed by atoms with Crippen molar-refractivity contribution < 1.29 is 13.9 Å². The molecular weight excluding hydrogens is 208 g/mol. The zero-order chi connectivity index (χ0) is 12.1. The Labute approximate surface area is 94.9 Å². The van der Waals surface area contributed by atoms with Crippen LogP contribution in [0.1, 0.15) is 30.0 Å². The van der Waals surface area contributed by atoms with Crippen LogP contribution in [-0.2, 0) is 4.74 Å². The molecular formula is C11H18N2O3. The van der Waals surface area contributed by atoms with Gasteiger partial charge in [-0.05, 0) is 26.8 Å². The lowest BCUT2D eigenvalue weighted by Crippen LogP contribution is -2.26. The van der Waals surface area contributed by atoms with Gasteiger partial charge in [-0.25, -0.2) is 4.79 Å². The van der Waals surface area contributed by atoms with Crippen molar-refractivity contribution >= 4 is 6.09 Å². The number of rotatable bonds is 5. The fourth-order valence-corrected chi connectivity index (χ4v) is 1.62. The summed E-state index contributed by atoms with van der Waals surface area (Å²) in [7, 11) is 0. The molecule has 1 atom stereocenters. The van der Waals surface area contributed by atoms with Crippen molar-refractivity contribution in [2.75, 3.05) is 13.2 Å². The quantitative estimate of drug-likeness (QED) is 0.748. The second kappa shape index (κ2) is 5.55. The van der Waals surface area contributed by atoms with Gasteiger partial charge in [0.1, 0.15) is 18.1 Å². The maximum atomic E-state index is 10.3. The SMILES string of the molecule is Cc1cc(C(C)NCCOC(N)=O)c(C)o1. The summed E-state index contributed by atoms with van der Waals surface area (Å²) in [5, 5.41) is 3.22. The van der Waals surface area contributed by atoms with Crippen molar-refractivity contribution in [3.63, 3.8) is 0 Å². The Morgan fingerprint density at radius 3 is 2.81 bits per heavy atom. The van der Waals surface area contributed by atoms with E-state index in [1.807, 2.05) is 26.8 Å². The highest BCUT2D eigenvalue weighted by molar-refractivity contribution is 5.64. The average molecular weight is 226 g/mol. The third-order valence-electron chi connectivity index (χ3n) is 2.34. The van der Waals surface area contributed by atoms with E-state index in [9.17, 15) is 4.79 Å². The maximum Gasteiger partial charge on any atom is 0.404 e. The number of nitrogens with one attached hydrogen (secondary N) is 1. The van der Waals surface area contributed by atoms with Gasteiger partial charge in [-0.2, -0.15) is 0 Å². The van der Waals surface area contributed by atoms with Gasteiger partial charge in [0.25, 0.3) is 0 Å². The third kappa shape index (κ3) is 3.58. The molecule has 3 N–H and O–H groups in total. The molecule has 0 aliphatic heterocycles. The molecule has 0 bridgehead atoms. The average Bonchev–Trinajstić information content (AvgIpc) is 2.52. The summed E-state index contributed by atoms with van der Waals surface area (Å²) < 4.78 is 10.1.